The first-order chi connectivity index (χ1) is 16.1. The number of aryl methyl sites for hydroxylation is 1. The van der Waals surface area contributed by atoms with E-state index in [1.165, 1.54) is 11.1 Å². The molecule has 1 fully saturated rings. The number of methoxy groups -OCH3 is 2. The number of nitrogens with zero attached hydrogens (tertiary/aromatic N) is 3. The van der Waals surface area contributed by atoms with Gasteiger partial charge in [0.15, 0.2) is 16.7 Å². The lowest BCUT2D eigenvalue weighted by Crippen LogP contribution is -2.24. The molecule has 0 aliphatic carbocycles. The topological polar surface area (TPSA) is 39.5 Å². The molecule has 33 heavy (non-hydrogen) atoms. The van der Waals surface area contributed by atoms with Crippen molar-refractivity contribution in [2.75, 3.05) is 20.8 Å². The summed E-state index contributed by atoms with van der Waals surface area (Å²) in [5.74, 6) is 2.51. The molecule has 0 radical (unpaired) electrons. The maximum atomic E-state index is 6.80. The van der Waals surface area contributed by atoms with Crippen LogP contribution < -0.4 is 9.47 Å². The predicted octanol–water partition coefficient (Wildman–Crippen LogP) is 6.67. The molecule has 2 heterocycles. The van der Waals surface area contributed by atoms with Gasteiger partial charge < -0.3 is 14.0 Å². The second-order valence-electron chi connectivity index (χ2n) is 8.74. The SMILES string of the molecule is CCCCn1c(-c2ccccc2C)nc(Cl)c1CN1CCCC1c1ccc(OC)c(OC)c1. The van der Waals surface area contributed by atoms with Crippen LogP contribution in [0.2, 0.25) is 5.15 Å². The van der Waals surface area contributed by atoms with E-state index in [0.29, 0.717) is 11.2 Å². The molecule has 0 saturated carbocycles. The molecular weight excluding hydrogens is 434 g/mol. The number of halogens is 1. The molecule has 1 aliphatic heterocycles. The molecule has 0 amide bonds. The van der Waals surface area contributed by atoms with Crippen LogP contribution in [-0.4, -0.2) is 35.2 Å². The van der Waals surface area contributed by atoms with Crippen LogP contribution in [0.1, 0.15) is 55.5 Å². The van der Waals surface area contributed by atoms with Gasteiger partial charge in [0.05, 0.1) is 19.9 Å². The third kappa shape index (κ3) is 4.90. The lowest BCUT2D eigenvalue weighted by Gasteiger charge is -2.26. The standard InChI is InChI=1S/C27H34ClN3O2/c1-5-6-16-31-23(26(28)29-27(31)21-11-8-7-10-19(21)2)18-30-15-9-12-22(30)20-13-14-24(32-3)25(17-20)33-4/h7-8,10-11,13-14,17,22H,5-6,9,12,15-16,18H2,1-4H3. The minimum absolute atomic E-state index is 0.317. The molecule has 0 spiro atoms. The fraction of sp³-hybridized carbons (Fsp3) is 0.444. The maximum Gasteiger partial charge on any atom is 0.161 e. The number of ether oxygens (including phenoxy) is 2. The molecule has 0 bridgehead atoms. The predicted molar refractivity (Wildman–Crippen MR) is 134 cm³/mol. The Bertz CT molecular complexity index is 1090. The summed E-state index contributed by atoms with van der Waals surface area (Å²) in [4.78, 5) is 7.37. The van der Waals surface area contributed by atoms with Gasteiger partial charge >= 0.3 is 0 Å². The monoisotopic (exact) mass is 467 g/mol. The van der Waals surface area contributed by atoms with Crippen LogP contribution in [0.5, 0.6) is 11.5 Å². The Hall–Kier alpha value is -2.50. The van der Waals surface area contributed by atoms with Gasteiger partial charge in [-0.05, 0) is 56.0 Å². The molecule has 1 aromatic heterocycles. The summed E-state index contributed by atoms with van der Waals surface area (Å²) in [5, 5.41) is 0.613. The summed E-state index contributed by atoms with van der Waals surface area (Å²) in [6, 6.07) is 15.0. The molecular formula is C27H34ClN3O2. The smallest absolute Gasteiger partial charge is 0.161 e. The maximum absolute atomic E-state index is 6.80. The Morgan fingerprint density at radius 1 is 1.09 bits per heavy atom. The average molecular weight is 468 g/mol. The Morgan fingerprint density at radius 3 is 2.61 bits per heavy atom. The second-order valence-corrected chi connectivity index (χ2v) is 9.09. The first-order valence-corrected chi connectivity index (χ1v) is 12.2. The van der Waals surface area contributed by atoms with Crippen molar-refractivity contribution < 1.29 is 9.47 Å². The van der Waals surface area contributed by atoms with Crippen LogP contribution in [0.4, 0.5) is 0 Å². The van der Waals surface area contributed by atoms with Gasteiger partial charge in [0.1, 0.15) is 5.82 Å². The zero-order valence-electron chi connectivity index (χ0n) is 20.1. The average Bonchev–Trinajstić information content (AvgIpc) is 3.42. The molecule has 176 valence electrons. The number of imidazole rings is 1. The zero-order chi connectivity index (χ0) is 23.4. The third-order valence-electron chi connectivity index (χ3n) is 6.65. The molecule has 5 nitrogen and oxygen atoms in total. The van der Waals surface area contributed by atoms with Crippen LogP contribution >= 0.6 is 11.6 Å². The highest BCUT2D eigenvalue weighted by Crippen LogP contribution is 2.39. The highest BCUT2D eigenvalue weighted by molar-refractivity contribution is 6.30. The van der Waals surface area contributed by atoms with Gasteiger partial charge in [-0.15, -0.1) is 0 Å². The molecule has 3 aromatic rings. The molecule has 1 atom stereocenters. The molecule has 1 aliphatic rings. The Kier molecular flexibility index (Phi) is 7.61. The van der Waals surface area contributed by atoms with Crippen molar-refractivity contribution in [3.8, 4) is 22.9 Å². The van der Waals surface area contributed by atoms with Crippen molar-refractivity contribution in [2.45, 2.75) is 58.7 Å². The zero-order valence-corrected chi connectivity index (χ0v) is 20.9. The van der Waals surface area contributed by atoms with Crippen LogP contribution in [0.15, 0.2) is 42.5 Å². The largest absolute Gasteiger partial charge is 0.493 e. The minimum Gasteiger partial charge on any atom is -0.493 e. The summed E-state index contributed by atoms with van der Waals surface area (Å²) in [6.45, 7) is 7.09. The fourth-order valence-electron chi connectivity index (χ4n) is 4.84. The number of hydrogen-bond acceptors (Lipinski definition) is 4. The Balaban J connectivity index is 1.67. The van der Waals surface area contributed by atoms with Crippen molar-refractivity contribution in [1.82, 2.24) is 14.5 Å². The van der Waals surface area contributed by atoms with Gasteiger partial charge in [0.2, 0.25) is 0 Å². The number of likely N-dealkylation sites (tertiary alicyclic amines) is 1. The molecule has 6 heteroatoms. The van der Waals surface area contributed by atoms with E-state index < -0.39 is 0 Å². The normalized spacial score (nSPS) is 16.3. The molecule has 0 N–H and O–H groups in total. The van der Waals surface area contributed by atoms with E-state index in [-0.39, 0.29) is 0 Å². The van der Waals surface area contributed by atoms with Crippen LogP contribution in [0.25, 0.3) is 11.4 Å². The summed E-state index contributed by atoms with van der Waals surface area (Å²) < 4.78 is 13.3. The number of aromatic nitrogens is 2. The van der Waals surface area contributed by atoms with Crippen LogP contribution in [0, 0.1) is 6.92 Å². The number of rotatable bonds is 9. The highest BCUT2D eigenvalue weighted by Gasteiger charge is 2.29. The van der Waals surface area contributed by atoms with Crippen molar-refractivity contribution in [3.63, 3.8) is 0 Å². The van der Waals surface area contributed by atoms with E-state index in [4.69, 9.17) is 26.1 Å². The van der Waals surface area contributed by atoms with Gasteiger partial charge in [-0.1, -0.05) is 55.3 Å². The van der Waals surface area contributed by atoms with E-state index >= 15 is 0 Å². The quantitative estimate of drug-likeness (QED) is 0.352. The van der Waals surface area contributed by atoms with Gasteiger partial charge in [0.25, 0.3) is 0 Å². The van der Waals surface area contributed by atoms with E-state index in [0.717, 1.165) is 73.9 Å². The molecule has 1 unspecified atom stereocenters. The molecule has 2 aromatic carbocycles. The summed E-state index contributed by atoms with van der Waals surface area (Å²) >= 11 is 6.80. The minimum atomic E-state index is 0.317. The molecule has 1 saturated heterocycles. The first kappa shape index (κ1) is 23.7. The van der Waals surface area contributed by atoms with E-state index in [9.17, 15) is 0 Å². The lowest BCUT2D eigenvalue weighted by molar-refractivity contribution is 0.241. The second kappa shape index (κ2) is 10.6. The van der Waals surface area contributed by atoms with E-state index in [2.05, 4.69) is 59.7 Å². The van der Waals surface area contributed by atoms with Crippen LogP contribution in [0.3, 0.4) is 0 Å². The van der Waals surface area contributed by atoms with Crippen LogP contribution in [-0.2, 0) is 13.1 Å². The molecule has 4 rings (SSSR count). The van der Waals surface area contributed by atoms with Crippen molar-refractivity contribution in [2.24, 2.45) is 0 Å². The van der Waals surface area contributed by atoms with Crippen molar-refractivity contribution in [3.05, 3.63) is 64.4 Å². The summed E-state index contributed by atoms with van der Waals surface area (Å²) in [6.07, 6.45) is 4.49. The van der Waals surface area contributed by atoms with Gasteiger partial charge in [0, 0.05) is 24.7 Å². The van der Waals surface area contributed by atoms with Gasteiger partial charge in [-0.25, -0.2) is 4.98 Å². The number of benzene rings is 2. The van der Waals surface area contributed by atoms with Crippen molar-refractivity contribution in [1.29, 1.82) is 0 Å². The lowest BCUT2D eigenvalue weighted by atomic mass is 10.0. The van der Waals surface area contributed by atoms with Gasteiger partial charge in [-0.2, -0.15) is 0 Å². The fourth-order valence-corrected chi connectivity index (χ4v) is 5.08. The Morgan fingerprint density at radius 2 is 1.88 bits per heavy atom. The number of unbranched alkanes of at least 4 members (excludes halogenated alkanes) is 1. The number of hydrogen-bond donors (Lipinski definition) is 0. The third-order valence-corrected chi connectivity index (χ3v) is 6.96. The van der Waals surface area contributed by atoms with Crippen molar-refractivity contribution >= 4 is 11.6 Å². The van der Waals surface area contributed by atoms with E-state index in [1.807, 2.05) is 6.07 Å². The van der Waals surface area contributed by atoms with E-state index in [1.54, 1.807) is 14.2 Å². The van der Waals surface area contributed by atoms with Gasteiger partial charge in [-0.3, -0.25) is 4.90 Å². The first-order valence-electron chi connectivity index (χ1n) is 11.8. The summed E-state index contributed by atoms with van der Waals surface area (Å²) in [5.41, 5.74) is 4.73. The summed E-state index contributed by atoms with van der Waals surface area (Å²) in [7, 11) is 3.36. The highest BCUT2D eigenvalue weighted by atomic mass is 35.5. The Labute approximate surface area is 202 Å².